The Hall–Kier alpha value is -2.14. The number of nitrogens with zero attached hydrogens (tertiary/aromatic N) is 4. The van der Waals surface area contributed by atoms with E-state index in [1.165, 1.54) is 11.1 Å². The highest BCUT2D eigenvalue weighted by atomic mass is 16.2. The third kappa shape index (κ3) is 3.83. The van der Waals surface area contributed by atoms with Crippen LogP contribution >= 0.6 is 0 Å². The zero-order chi connectivity index (χ0) is 18.8. The first kappa shape index (κ1) is 18.6. The minimum Gasteiger partial charge on any atom is -0.335 e. The average Bonchev–Trinajstić information content (AvgIpc) is 3.03. The van der Waals surface area contributed by atoms with Gasteiger partial charge in [-0.3, -0.25) is 14.4 Å². The summed E-state index contributed by atoms with van der Waals surface area (Å²) in [5.41, 5.74) is 4.29. The van der Waals surface area contributed by atoms with Crippen LogP contribution in [0.25, 0.3) is 0 Å². The molecule has 1 atom stereocenters. The van der Waals surface area contributed by atoms with Crippen LogP contribution in [0.5, 0.6) is 0 Å². The molecular weight excluding hydrogens is 324 g/mol. The number of rotatable bonds is 4. The van der Waals surface area contributed by atoms with Gasteiger partial charge in [0.1, 0.15) is 5.69 Å². The van der Waals surface area contributed by atoms with Crippen molar-refractivity contribution >= 4 is 5.91 Å². The lowest BCUT2D eigenvalue weighted by Crippen LogP contribution is -2.49. The van der Waals surface area contributed by atoms with Crippen LogP contribution in [-0.4, -0.2) is 51.7 Å². The lowest BCUT2D eigenvalue weighted by Gasteiger charge is -2.38. The number of aromatic nitrogens is 2. The third-order valence-corrected chi connectivity index (χ3v) is 5.42. The molecule has 0 spiro atoms. The molecule has 0 bridgehead atoms. The fourth-order valence-corrected chi connectivity index (χ4v) is 3.50. The molecule has 2 aromatic rings. The molecule has 26 heavy (non-hydrogen) atoms. The Morgan fingerprint density at radius 1 is 1.04 bits per heavy atom. The quantitative estimate of drug-likeness (QED) is 0.845. The molecule has 0 unspecified atom stereocenters. The van der Waals surface area contributed by atoms with E-state index >= 15 is 0 Å². The van der Waals surface area contributed by atoms with E-state index in [4.69, 9.17) is 0 Å². The normalized spacial score (nSPS) is 16.9. The van der Waals surface area contributed by atoms with Crippen molar-refractivity contribution in [3.05, 3.63) is 52.8 Å². The van der Waals surface area contributed by atoms with E-state index in [-0.39, 0.29) is 5.91 Å². The number of carbonyl (C=O) groups is 1. The molecular formula is C21H30N4O. The molecule has 140 valence electrons. The van der Waals surface area contributed by atoms with Gasteiger partial charge in [0, 0.05) is 39.3 Å². The summed E-state index contributed by atoms with van der Waals surface area (Å²) in [5.74, 6) is 0.421. The van der Waals surface area contributed by atoms with Crippen molar-refractivity contribution in [2.24, 2.45) is 7.05 Å². The number of aryl methyl sites for hydroxylation is 2. The number of hydrogen-bond donors (Lipinski definition) is 0. The Balaban J connectivity index is 1.63. The molecule has 0 aliphatic carbocycles. The van der Waals surface area contributed by atoms with Gasteiger partial charge in [-0.2, -0.15) is 5.10 Å². The molecule has 1 saturated heterocycles. The van der Waals surface area contributed by atoms with Crippen LogP contribution in [0.15, 0.2) is 30.3 Å². The Bertz CT molecular complexity index is 755. The van der Waals surface area contributed by atoms with Crippen molar-refractivity contribution in [2.45, 2.75) is 39.7 Å². The molecule has 1 fully saturated rings. The Kier molecular flexibility index (Phi) is 5.47. The summed E-state index contributed by atoms with van der Waals surface area (Å²) < 4.78 is 1.72. The van der Waals surface area contributed by atoms with Gasteiger partial charge in [-0.15, -0.1) is 0 Å². The Labute approximate surface area is 156 Å². The molecule has 3 rings (SSSR count). The summed E-state index contributed by atoms with van der Waals surface area (Å²) in [4.78, 5) is 17.3. The van der Waals surface area contributed by atoms with Crippen molar-refractivity contribution in [3.63, 3.8) is 0 Å². The second kappa shape index (κ2) is 7.62. The summed E-state index contributed by atoms with van der Waals surface area (Å²) in [6.45, 7) is 11.9. The number of benzene rings is 1. The highest BCUT2D eigenvalue weighted by Crippen LogP contribution is 2.23. The maximum absolute atomic E-state index is 12.9. The third-order valence-electron chi connectivity index (χ3n) is 5.42. The minimum atomic E-state index is 0.0922. The number of amides is 1. The van der Waals surface area contributed by atoms with E-state index < -0.39 is 0 Å². The summed E-state index contributed by atoms with van der Waals surface area (Å²) >= 11 is 0. The Morgan fingerprint density at radius 3 is 2.19 bits per heavy atom. The zero-order valence-electron chi connectivity index (χ0n) is 16.6. The van der Waals surface area contributed by atoms with Crippen LogP contribution < -0.4 is 0 Å². The summed E-state index contributed by atoms with van der Waals surface area (Å²) in [6.07, 6.45) is 0. The number of hydrogen-bond acceptors (Lipinski definition) is 3. The van der Waals surface area contributed by atoms with Gasteiger partial charge in [0.25, 0.3) is 5.91 Å². The molecule has 2 heterocycles. The first-order chi connectivity index (χ1) is 12.4. The molecule has 1 amide bonds. The van der Waals surface area contributed by atoms with Crippen molar-refractivity contribution in [1.29, 1.82) is 0 Å². The largest absolute Gasteiger partial charge is 0.335 e. The van der Waals surface area contributed by atoms with Gasteiger partial charge >= 0.3 is 0 Å². The summed E-state index contributed by atoms with van der Waals surface area (Å²) in [5, 5.41) is 4.47. The molecule has 5 heteroatoms. The smallest absolute Gasteiger partial charge is 0.272 e. The zero-order valence-corrected chi connectivity index (χ0v) is 16.6. The molecule has 5 nitrogen and oxygen atoms in total. The predicted octanol–water partition coefficient (Wildman–Crippen LogP) is 3.37. The fraction of sp³-hybridized carbons (Fsp3) is 0.524. The van der Waals surface area contributed by atoms with E-state index in [1.807, 2.05) is 18.0 Å². The van der Waals surface area contributed by atoms with Crippen molar-refractivity contribution in [1.82, 2.24) is 19.6 Å². The highest BCUT2D eigenvalue weighted by Gasteiger charge is 2.27. The van der Waals surface area contributed by atoms with Crippen molar-refractivity contribution < 1.29 is 4.79 Å². The number of piperazine rings is 1. The topological polar surface area (TPSA) is 41.4 Å². The van der Waals surface area contributed by atoms with Gasteiger partial charge in [0.05, 0.1) is 5.69 Å². The maximum atomic E-state index is 12.9. The molecule has 1 aliphatic rings. The Morgan fingerprint density at radius 2 is 1.65 bits per heavy atom. The lowest BCUT2D eigenvalue weighted by molar-refractivity contribution is 0.0572. The minimum absolute atomic E-state index is 0.0922. The van der Waals surface area contributed by atoms with Gasteiger partial charge in [-0.05, 0) is 31.4 Å². The standard InChI is InChI=1S/C21H30N4O/c1-15(2)19-14-20(23(5)22-19)21(26)25-12-10-24(11-13-25)17(4)18-8-6-16(3)7-9-18/h6-9,14-15,17H,10-13H2,1-5H3/t17-/m1/s1. The van der Waals surface area contributed by atoms with Crippen LogP contribution in [0.2, 0.25) is 0 Å². The van der Waals surface area contributed by atoms with E-state index in [0.717, 1.165) is 31.9 Å². The highest BCUT2D eigenvalue weighted by molar-refractivity contribution is 5.92. The molecule has 0 radical (unpaired) electrons. The molecule has 1 aromatic heterocycles. The molecule has 0 saturated carbocycles. The maximum Gasteiger partial charge on any atom is 0.272 e. The first-order valence-corrected chi connectivity index (χ1v) is 9.50. The van der Waals surface area contributed by atoms with Crippen molar-refractivity contribution in [3.8, 4) is 0 Å². The van der Waals surface area contributed by atoms with E-state index in [9.17, 15) is 4.79 Å². The molecule has 0 N–H and O–H groups in total. The van der Waals surface area contributed by atoms with E-state index in [2.05, 4.69) is 62.0 Å². The van der Waals surface area contributed by atoms with Crippen LogP contribution in [0.4, 0.5) is 0 Å². The van der Waals surface area contributed by atoms with Crippen LogP contribution in [-0.2, 0) is 7.05 Å². The van der Waals surface area contributed by atoms with Gasteiger partial charge in [-0.25, -0.2) is 0 Å². The second-order valence-corrected chi connectivity index (χ2v) is 7.65. The van der Waals surface area contributed by atoms with Gasteiger partial charge in [-0.1, -0.05) is 43.7 Å². The molecule has 1 aromatic carbocycles. The average molecular weight is 354 g/mol. The predicted molar refractivity (Wildman–Crippen MR) is 104 cm³/mol. The number of carbonyl (C=O) groups excluding carboxylic acids is 1. The van der Waals surface area contributed by atoms with Crippen LogP contribution in [0.1, 0.15) is 60.0 Å². The first-order valence-electron chi connectivity index (χ1n) is 9.50. The monoisotopic (exact) mass is 354 g/mol. The van der Waals surface area contributed by atoms with Crippen LogP contribution in [0, 0.1) is 6.92 Å². The second-order valence-electron chi connectivity index (χ2n) is 7.65. The van der Waals surface area contributed by atoms with E-state index in [1.54, 1.807) is 4.68 Å². The summed E-state index contributed by atoms with van der Waals surface area (Å²) in [6, 6.07) is 11.1. The van der Waals surface area contributed by atoms with Gasteiger partial charge < -0.3 is 4.90 Å². The van der Waals surface area contributed by atoms with Crippen molar-refractivity contribution in [2.75, 3.05) is 26.2 Å². The SMILES string of the molecule is Cc1ccc([C@@H](C)N2CCN(C(=O)c3cc(C(C)C)nn3C)CC2)cc1. The van der Waals surface area contributed by atoms with E-state index in [0.29, 0.717) is 17.7 Å². The van der Waals surface area contributed by atoms with Crippen LogP contribution in [0.3, 0.4) is 0 Å². The molecule has 1 aliphatic heterocycles. The fourth-order valence-electron chi connectivity index (χ4n) is 3.50. The lowest BCUT2D eigenvalue weighted by atomic mass is 10.0. The summed E-state index contributed by atoms with van der Waals surface area (Å²) in [7, 11) is 1.86. The van der Waals surface area contributed by atoms with Gasteiger partial charge in [0.15, 0.2) is 0 Å². The van der Waals surface area contributed by atoms with Gasteiger partial charge in [0.2, 0.25) is 0 Å².